The van der Waals surface area contributed by atoms with Crippen molar-refractivity contribution in [2.75, 3.05) is 23.0 Å². The number of aromatic nitrogens is 3. The molecule has 0 spiro atoms. The van der Waals surface area contributed by atoms with Crippen molar-refractivity contribution in [1.82, 2.24) is 14.6 Å². The second-order valence-electron chi connectivity index (χ2n) is 7.40. The number of anilines is 3. The summed E-state index contributed by atoms with van der Waals surface area (Å²) in [5, 5.41) is 17.2. The number of nitrogens with zero attached hydrogens (tertiary/aromatic N) is 3. The maximum atomic E-state index is 14.8. The van der Waals surface area contributed by atoms with Gasteiger partial charge in [0.05, 0.1) is 16.9 Å². The standard InChI is InChI=1S/C22H15F5N6O3/c23-13-3-2-11(22(25,26)27)6-16(13)32-21(36)31-15-4-1-10(5-14(15)24)12-7-17(18(35)8-34)33-19(12)20(28)29-9-30-33/h1-7,9,34H,8H2,(H2,28,29,30)(H2,31,32,36). The van der Waals surface area contributed by atoms with E-state index in [0.29, 0.717) is 18.2 Å². The second kappa shape index (κ2) is 9.22. The average molecular weight is 506 g/mol. The third-order valence-corrected chi connectivity index (χ3v) is 5.08. The summed E-state index contributed by atoms with van der Waals surface area (Å²) in [6.45, 7) is -0.811. The summed E-state index contributed by atoms with van der Waals surface area (Å²) in [6.07, 6.45) is -3.67. The molecule has 0 aliphatic heterocycles. The van der Waals surface area contributed by atoms with E-state index in [1.807, 2.05) is 5.32 Å². The van der Waals surface area contributed by atoms with Gasteiger partial charge >= 0.3 is 12.2 Å². The number of carbonyl (C=O) groups is 2. The molecule has 0 fully saturated rings. The molecule has 186 valence electrons. The quantitative estimate of drug-likeness (QED) is 0.238. The molecular formula is C22H15F5N6O3. The minimum absolute atomic E-state index is 0.0258. The van der Waals surface area contributed by atoms with Gasteiger partial charge in [0.15, 0.2) is 5.82 Å². The molecule has 2 amide bonds. The predicted octanol–water partition coefficient (Wildman–Crippen LogP) is 4.09. The van der Waals surface area contributed by atoms with Crippen LogP contribution in [0.1, 0.15) is 16.1 Å². The number of carbonyl (C=O) groups excluding carboxylic acids is 2. The smallest absolute Gasteiger partial charge is 0.388 e. The molecule has 0 saturated carbocycles. The van der Waals surface area contributed by atoms with E-state index in [-0.39, 0.29) is 33.8 Å². The number of ketones is 1. The first-order valence-electron chi connectivity index (χ1n) is 10.0. The number of nitrogens with two attached hydrogens (primary N) is 1. The van der Waals surface area contributed by atoms with Crippen LogP contribution in [-0.4, -0.2) is 38.1 Å². The molecule has 2 heterocycles. The van der Waals surface area contributed by atoms with Gasteiger partial charge in [-0.3, -0.25) is 4.79 Å². The van der Waals surface area contributed by atoms with E-state index in [9.17, 15) is 36.6 Å². The lowest BCUT2D eigenvalue weighted by Crippen LogP contribution is -2.21. The molecule has 14 heteroatoms. The first kappa shape index (κ1) is 24.5. The van der Waals surface area contributed by atoms with Gasteiger partial charge in [0.1, 0.15) is 35.8 Å². The zero-order valence-electron chi connectivity index (χ0n) is 17.9. The van der Waals surface area contributed by atoms with Crippen LogP contribution in [0.4, 0.5) is 43.9 Å². The van der Waals surface area contributed by atoms with Crippen LogP contribution >= 0.6 is 0 Å². The maximum absolute atomic E-state index is 14.8. The Hall–Kier alpha value is -4.59. The number of aliphatic hydroxyl groups is 1. The number of hydrogen-bond acceptors (Lipinski definition) is 6. The molecule has 0 saturated heterocycles. The molecule has 0 bridgehead atoms. The van der Waals surface area contributed by atoms with Crippen molar-refractivity contribution in [1.29, 1.82) is 0 Å². The monoisotopic (exact) mass is 506 g/mol. The molecule has 9 nitrogen and oxygen atoms in total. The van der Waals surface area contributed by atoms with E-state index < -0.39 is 47.5 Å². The van der Waals surface area contributed by atoms with Crippen molar-refractivity contribution in [3.8, 4) is 11.1 Å². The van der Waals surface area contributed by atoms with Crippen molar-refractivity contribution in [3.63, 3.8) is 0 Å². The van der Waals surface area contributed by atoms with Gasteiger partial charge in [0, 0.05) is 5.56 Å². The number of urea groups is 1. The molecule has 2 aromatic heterocycles. The minimum Gasteiger partial charge on any atom is -0.388 e. The van der Waals surface area contributed by atoms with Gasteiger partial charge in [-0.1, -0.05) is 6.07 Å². The van der Waals surface area contributed by atoms with Crippen molar-refractivity contribution in [2.24, 2.45) is 0 Å². The van der Waals surface area contributed by atoms with Gasteiger partial charge in [-0.15, -0.1) is 0 Å². The molecule has 4 aromatic rings. The van der Waals surface area contributed by atoms with Gasteiger partial charge in [-0.05, 0) is 42.0 Å². The fourth-order valence-electron chi connectivity index (χ4n) is 3.42. The first-order chi connectivity index (χ1) is 17.0. The number of fused-ring (bicyclic) bond motifs is 1. The number of nitrogens with one attached hydrogen (secondary N) is 2. The number of nitrogen functional groups attached to an aromatic ring is 1. The predicted molar refractivity (Wildman–Crippen MR) is 118 cm³/mol. The highest BCUT2D eigenvalue weighted by molar-refractivity contribution is 6.02. The van der Waals surface area contributed by atoms with Crippen molar-refractivity contribution in [2.45, 2.75) is 6.18 Å². The number of amides is 2. The minimum atomic E-state index is -4.76. The SMILES string of the molecule is Nc1ncnn2c(C(=O)CO)cc(-c3ccc(NC(=O)Nc4cc(C(F)(F)F)ccc4F)c(F)c3)c12. The van der Waals surface area contributed by atoms with Crippen LogP contribution in [0, 0.1) is 11.6 Å². The van der Waals surface area contributed by atoms with Crippen LogP contribution < -0.4 is 16.4 Å². The Morgan fingerprint density at radius 1 is 1.00 bits per heavy atom. The first-order valence-corrected chi connectivity index (χ1v) is 10.0. The molecule has 0 aliphatic carbocycles. The van der Waals surface area contributed by atoms with E-state index in [4.69, 9.17) is 5.73 Å². The fourth-order valence-corrected chi connectivity index (χ4v) is 3.42. The summed E-state index contributed by atoms with van der Waals surface area (Å²) in [6, 6.07) is 5.11. The molecule has 2 aromatic carbocycles. The Morgan fingerprint density at radius 2 is 1.72 bits per heavy atom. The number of halogens is 5. The van der Waals surface area contributed by atoms with Crippen molar-refractivity contribution in [3.05, 3.63) is 71.7 Å². The molecule has 0 unspecified atom stereocenters. The summed E-state index contributed by atoms with van der Waals surface area (Å²) >= 11 is 0. The molecule has 0 atom stereocenters. The number of benzene rings is 2. The summed E-state index contributed by atoms with van der Waals surface area (Å²) < 4.78 is 68.4. The van der Waals surface area contributed by atoms with Crippen LogP contribution in [-0.2, 0) is 6.18 Å². The highest BCUT2D eigenvalue weighted by Crippen LogP contribution is 2.33. The highest BCUT2D eigenvalue weighted by atomic mass is 19.4. The summed E-state index contributed by atoms with van der Waals surface area (Å²) in [5.41, 5.74) is 4.20. The maximum Gasteiger partial charge on any atom is 0.416 e. The van der Waals surface area contributed by atoms with Crippen LogP contribution in [0.2, 0.25) is 0 Å². The summed E-state index contributed by atoms with van der Waals surface area (Å²) in [7, 11) is 0. The summed E-state index contributed by atoms with van der Waals surface area (Å²) in [4.78, 5) is 28.1. The van der Waals surface area contributed by atoms with Gasteiger partial charge < -0.3 is 21.5 Å². The van der Waals surface area contributed by atoms with E-state index >= 15 is 0 Å². The lowest BCUT2D eigenvalue weighted by Gasteiger charge is -2.12. The lowest BCUT2D eigenvalue weighted by atomic mass is 10.1. The molecule has 0 aliphatic rings. The Kier molecular flexibility index (Phi) is 6.28. The van der Waals surface area contributed by atoms with E-state index in [1.54, 1.807) is 0 Å². The topological polar surface area (TPSA) is 135 Å². The highest BCUT2D eigenvalue weighted by Gasteiger charge is 2.31. The number of alkyl halides is 3. The second-order valence-corrected chi connectivity index (χ2v) is 7.40. The summed E-state index contributed by atoms with van der Waals surface area (Å²) in [5.74, 6) is -2.78. The average Bonchev–Trinajstić information content (AvgIpc) is 3.21. The zero-order valence-corrected chi connectivity index (χ0v) is 17.9. The molecular weight excluding hydrogens is 491 g/mol. The Bertz CT molecular complexity index is 1500. The van der Waals surface area contributed by atoms with Gasteiger partial charge in [-0.2, -0.15) is 18.3 Å². The van der Waals surface area contributed by atoms with Gasteiger partial charge in [0.2, 0.25) is 5.78 Å². The van der Waals surface area contributed by atoms with Gasteiger partial charge in [0.25, 0.3) is 0 Å². The normalized spacial score (nSPS) is 11.5. The molecule has 4 rings (SSSR count). The van der Waals surface area contributed by atoms with E-state index in [2.05, 4.69) is 15.4 Å². The number of aliphatic hydroxyl groups excluding tert-OH is 1. The van der Waals surface area contributed by atoms with Crippen LogP contribution in [0.15, 0.2) is 48.8 Å². The number of Topliss-reactive ketones (excluding diaryl/α,β-unsaturated/α-hetero) is 1. The number of hydrogen-bond donors (Lipinski definition) is 4. The zero-order chi connectivity index (χ0) is 26.2. The van der Waals surface area contributed by atoms with Crippen LogP contribution in [0.25, 0.3) is 16.6 Å². The third kappa shape index (κ3) is 4.65. The Labute approximate surface area is 198 Å². The van der Waals surface area contributed by atoms with Crippen molar-refractivity contribution >= 4 is 34.5 Å². The fraction of sp³-hybridized carbons (Fsp3) is 0.0909. The Morgan fingerprint density at radius 3 is 2.39 bits per heavy atom. The third-order valence-electron chi connectivity index (χ3n) is 5.08. The Balaban J connectivity index is 1.62. The molecule has 36 heavy (non-hydrogen) atoms. The van der Waals surface area contributed by atoms with Crippen LogP contribution in [0.5, 0.6) is 0 Å². The van der Waals surface area contributed by atoms with E-state index in [1.165, 1.54) is 12.1 Å². The largest absolute Gasteiger partial charge is 0.416 e. The van der Waals surface area contributed by atoms with Crippen molar-refractivity contribution < 1.29 is 36.6 Å². The van der Waals surface area contributed by atoms with Gasteiger partial charge in [-0.25, -0.2) is 23.1 Å². The van der Waals surface area contributed by atoms with Crippen LogP contribution in [0.3, 0.4) is 0 Å². The van der Waals surface area contributed by atoms with E-state index in [0.717, 1.165) is 23.0 Å². The molecule has 5 N–H and O–H groups in total. The molecule has 0 radical (unpaired) electrons. The lowest BCUT2D eigenvalue weighted by molar-refractivity contribution is -0.137. The number of rotatable bonds is 5.